The van der Waals surface area contributed by atoms with Gasteiger partial charge in [-0.25, -0.2) is 15.0 Å². The van der Waals surface area contributed by atoms with Crippen LogP contribution in [0, 0.1) is 30.1 Å². The molecule has 0 radical (unpaired) electrons. The number of hydrogen-bond acceptors (Lipinski definition) is 7. The molecule has 2 aromatic heterocycles. The molecule has 3 N–H and O–H groups in total. The number of terminal acetylenes is 1. The highest BCUT2D eigenvalue weighted by Crippen LogP contribution is 2.49. The number of aliphatic hydroxyl groups excluding tert-OH is 2. The normalized spacial score (nSPS) is 40.5. The first-order valence-corrected chi connectivity index (χ1v) is 9.50. The van der Waals surface area contributed by atoms with Crippen molar-refractivity contribution in [1.82, 2.24) is 19.5 Å². The van der Waals surface area contributed by atoms with Crippen LogP contribution in [0.2, 0.25) is 0 Å². The molecule has 4 unspecified atom stereocenters. The molecule has 3 heterocycles. The van der Waals surface area contributed by atoms with E-state index in [0.29, 0.717) is 34.9 Å². The fourth-order valence-corrected chi connectivity index (χ4v) is 5.16. The van der Waals surface area contributed by atoms with Gasteiger partial charge in [-0.2, -0.15) is 0 Å². The molecular formula is C19H23N5O3. The molecule has 8 atom stereocenters. The van der Waals surface area contributed by atoms with Crippen molar-refractivity contribution in [3.63, 3.8) is 0 Å². The average Bonchev–Trinajstić information content (AvgIpc) is 3.42. The van der Waals surface area contributed by atoms with Gasteiger partial charge in [0.15, 0.2) is 23.2 Å². The van der Waals surface area contributed by atoms with Gasteiger partial charge in [-0.05, 0) is 37.0 Å². The van der Waals surface area contributed by atoms with Gasteiger partial charge >= 0.3 is 0 Å². The van der Waals surface area contributed by atoms with Crippen molar-refractivity contribution in [1.29, 1.82) is 0 Å². The van der Waals surface area contributed by atoms with Crippen LogP contribution in [0.5, 0.6) is 0 Å². The number of hydrogen-bond donors (Lipinski definition) is 3. The number of aliphatic hydroxyl groups is 2. The van der Waals surface area contributed by atoms with E-state index in [0.717, 1.165) is 5.92 Å². The molecular weight excluding hydrogens is 346 g/mol. The summed E-state index contributed by atoms with van der Waals surface area (Å²) in [6.45, 7) is 2.31. The van der Waals surface area contributed by atoms with Crippen molar-refractivity contribution in [3.05, 3.63) is 12.7 Å². The summed E-state index contributed by atoms with van der Waals surface area (Å²) in [6, 6.07) is 0.396. The number of ether oxygens (including phenoxy) is 1. The molecule has 2 saturated carbocycles. The van der Waals surface area contributed by atoms with Gasteiger partial charge in [0, 0.05) is 6.04 Å². The molecule has 8 nitrogen and oxygen atoms in total. The third kappa shape index (κ3) is 2.46. The Labute approximate surface area is 157 Å². The van der Waals surface area contributed by atoms with E-state index in [2.05, 4.69) is 33.1 Å². The van der Waals surface area contributed by atoms with Gasteiger partial charge in [-0.1, -0.05) is 12.8 Å². The van der Waals surface area contributed by atoms with Gasteiger partial charge in [-0.3, -0.25) is 4.57 Å². The van der Waals surface area contributed by atoms with E-state index in [-0.39, 0.29) is 0 Å². The number of aromatic nitrogens is 4. The molecule has 2 bridgehead atoms. The zero-order valence-corrected chi connectivity index (χ0v) is 15.1. The number of nitrogens with one attached hydrogen (secondary N) is 1. The summed E-state index contributed by atoms with van der Waals surface area (Å²) < 4.78 is 7.23. The largest absolute Gasteiger partial charge is 0.386 e. The van der Waals surface area contributed by atoms with Crippen LogP contribution in [0.15, 0.2) is 12.7 Å². The molecule has 0 aromatic carbocycles. The zero-order valence-electron chi connectivity index (χ0n) is 15.1. The van der Waals surface area contributed by atoms with Crippen molar-refractivity contribution in [3.8, 4) is 12.3 Å². The number of anilines is 1. The third-order valence-electron chi connectivity index (χ3n) is 6.67. The zero-order chi connectivity index (χ0) is 18.7. The lowest BCUT2D eigenvalue weighted by Crippen LogP contribution is -2.33. The highest BCUT2D eigenvalue weighted by Gasteiger charge is 2.46. The van der Waals surface area contributed by atoms with Gasteiger partial charge in [0.2, 0.25) is 0 Å². The van der Waals surface area contributed by atoms with Gasteiger partial charge in [0.25, 0.3) is 0 Å². The van der Waals surface area contributed by atoms with Crippen molar-refractivity contribution < 1.29 is 14.9 Å². The number of rotatable bonds is 3. The number of nitrogens with zero attached hydrogens (tertiary/aromatic N) is 4. The fourth-order valence-electron chi connectivity index (χ4n) is 5.16. The number of imidazole rings is 1. The van der Waals surface area contributed by atoms with Crippen LogP contribution in [0.1, 0.15) is 32.4 Å². The van der Waals surface area contributed by atoms with Crippen LogP contribution < -0.4 is 5.32 Å². The van der Waals surface area contributed by atoms with Crippen LogP contribution in [0.4, 0.5) is 5.82 Å². The monoisotopic (exact) mass is 369 g/mol. The minimum Gasteiger partial charge on any atom is -0.386 e. The van der Waals surface area contributed by atoms with Crippen LogP contribution in [0.25, 0.3) is 11.2 Å². The van der Waals surface area contributed by atoms with E-state index in [1.54, 1.807) is 10.9 Å². The molecule has 3 fully saturated rings. The van der Waals surface area contributed by atoms with E-state index in [1.165, 1.54) is 25.6 Å². The summed E-state index contributed by atoms with van der Waals surface area (Å²) in [4.78, 5) is 13.2. The van der Waals surface area contributed by atoms with Crippen LogP contribution in [0.3, 0.4) is 0 Å². The summed E-state index contributed by atoms with van der Waals surface area (Å²) in [7, 11) is 0. The van der Waals surface area contributed by atoms with E-state index in [9.17, 15) is 10.2 Å². The highest BCUT2D eigenvalue weighted by atomic mass is 16.6. The maximum atomic E-state index is 10.3. The first kappa shape index (κ1) is 16.9. The molecule has 2 aliphatic carbocycles. The number of fused-ring (bicyclic) bond motifs is 3. The standard InChI is InChI=1S/C19H23N5O3/c1-3-12-15(25)16(26)19(27-12)24-8-22-14-17(20-7-21-18(14)24)23-13-9(2)10-4-5-11(13)6-10/h1,7-13,15-16,19,25-26H,4-6H2,2H3,(H,20,21,23)/t9?,10?,11?,12-,13?,15-,16-,19-/m1/s1. The second kappa shape index (κ2) is 6.16. The minimum absolute atomic E-state index is 0.396. The summed E-state index contributed by atoms with van der Waals surface area (Å²) in [5.41, 5.74) is 1.17. The Hall–Kier alpha value is -2.21. The van der Waals surface area contributed by atoms with Crippen molar-refractivity contribution in [2.24, 2.45) is 17.8 Å². The van der Waals surface area contributed by atoms with E-state index in [1.807, 2.05) is 0 Å². The van der Waals surface area contributed by atoms with Gasteiger partial charge in [0.05, 0.1) is 6.33 Å². The van der Waals surface area contributed by atoms with Gasteiger partial charge in [0.1, 0.15) is 24.6 Å². The smallest absolute Gasteiger partial charge is 0.167 e. The molecule has 2 aromatic rings. The second-order valence-electron chi connectivity index (χ2n) is 8.00. The fraction of sp³-hybridized carbons (Fsp3) is 0.632. The molecule has 5 rings (SSSR count). The average molecular weight is 369 g/mol. The summed E-state index contributed by atoms with van der Waals surface area (Å²) in [5, 5.41) is 24.0. The molecule has 0 spiro atoms. The Balaban J connectivity index is 1.46. The summed E-state index contributed by atoms with van der Waals surface area (Å²) >= 11 is 0. The van der Waals surface area contributed by atoms with E-state index >= 15 is 0 Å². The lowest BCUT2D eigenvalue weighted by molar-refractivity contribution is -0.0230. The van der Waals surface area contributed by atoms with E-state index in [4.69, 9.17) is 11.2 Å². The Kier molecular flexibility index (Phi) is 3.86. The van der Waals surface area contributed by atoms with E-state index < -0.39 is 24.5 Å². The second-order valence-corrected chi connectivity index (χ2v) is 8.00. The Bertz CT molecular complexity index is 906. The maximum absolute atomic E-state index is 10.3. The minimum atomic E-state index is -1.15. The molecule has 3 aliphatic rings. The highest BCUT2D eigenvalue weighted by molar-refractivity contribution is 5.83. The predicted octanol–water partition coefficient (Wildman–Crippen LogP) is 0.925. The third-order valence-corrected chi connectivity index (χ3v) is 6.67. The Morgan fingerprint density at radius 3 is 2.74 bits per heavy atom. The first-order chi connectivity index (χ1) is 13.1. The van der Waals surface area contributed by atoms with Crippen molar-refractivity contribution in [2.75, 3.05) is 5.32 Å². The molecule has 8 heteroatoms. The Morgan fingerprint density at radius 1 is 1.22 bits per heavy atom. The first-order valence-electron chi connectivity index (χ1n) is 9.50. The SMILES string of the molecule is C#C[C@H]1O[C@@H](n2cnc3c(NC4C5CCC(C5)C4C)ncnc32)[C@H](O)[C@@H]1O. The lowest BCUT2D eigenvalue weighted by Gasteiger charge is -2.29. The van der Waals surface area contributed by atoms with Crippen LogP contribution in [-0.2, 0) is 4.74 Å². The predicted molar refractivity (Wildman–Crippen MR) is 97.5 cm³/mol. The van der Waals surface area contributed by atoms with Crippen LogP contribution >= 0.6 is 0 Å². The maximum Gasteiger partial charge on any atom is 0.167 e. The van der Waals surface area contributed by atoms with Gasteiger partial charge < -0.3 is 20.3 Å². The molecule has 142 valence electrons. The molecule has 27 heavy (non-hydrogen) atoms. The summed E-state index contributed by atoms with van der Waals surface area (Å²) in [5.74, 6) is 5.15. The van der Waals surface area contributed by atoms with Crippen molar-refractivity contribution >= 4 is 17.0 Å². The summed E-state index contributed by atoms with van der Waals surface area (Å²) in [6.07, 6.45) is 8.28. The molecule has 0 amide bonds. The Morgan fingerprint density at radius 2 is 2.04 bits per heavy atom. The quantitative estimate of drug-likeness (QED) is 0.691. The molecule has 1 saturated heterocycles. The molecule has 1 aliphatic heterocycles. The topological polar surface area (TPSA) is 105 Å². The van der Waals surface area contributed by atoms with Crippen molar-refractivity contribution in [2.45, 2.75) is 56.8 Å². The van der Waals surface area contributed by atoms with Crippen LogP contribution in [-0.4, -0.2) is 54.1 Å². The van der Waals surface area contributed by atoms with Gasteiger partial charge in [-0.15, -0.1) is 6.42 Å². The lowest BCUT2D eigenvalue weighted by atomic mass is 9.86.